The van der Waals surface area contributed by atoms with Gasteiger partial charge in [-0.3, -0.25) is 4.68 Å². The second-order valence-electron chi connectivity index (χ2n) is 3.84. The van der Waals surface area contributed by atoms with E-state index in [1.165, 1.54) is 0 Å². The van der Waals surface area contributed by atoms with Crippen LogP contribution in [-0.4, -0.2) is 28.0 Å². The quantitative estimate of drug-likeness (QED) is 0.697. The van der Waals surface area contributed by atoms with E-state index >= 15 is 0 Å². The molecule has 0 fully saturated rings. The molecular weight excluding hydrogens is 218 g/mol. The highest BCUT2D eigenvalue weighted by molar-refractivity contribution is 5.03. The minimum absolute atomic E-state index is 0.118. The first-order valence-electron chi connectivity index (χ1n) is 5.74. The molecule has 2 aromatic rings. The van der Waals surface area contributed by atoms with Crippen molar-refractivity contribution in [3.63, 3.8) is 0 Å². The van der Waals surface area contributed by atoms with Crippen LogP contribution in [0, 0.1) is 0 Å². The molecule has 2 aromatic heterocycles. The summed E-state index contributed by atoms with van der Waals surface area (Å²) >= 11 is 0. The van der Waals surface area contributed by atoms with Gasteiger partial charge >= 0.3 is 0 Å². The van der Waals surface area contributed by atoms with E-state index < -0.39 is 0 Å². The van der Waals surface area contributed by atoms with Crippen molar-refractivity contribution in [3.8, 4) is 0 Å². The Bertz CT molecular complexity index is 423. The number of furan rings is 1. The molecule has 0 amide bonds. The number of aliphatic hydroxyl groups excluding tert-OH is 1. The van der Waals surface area contributed by atoms with Crippen LogP contribution in [0.5, 0.6) is 0 Å². The number of aliphatic hydroxyl groups is 1. The number of rotatable bonds is 7. The second kappa shape index (κ2) is 6.22. The Morgan fingerprint density at radius 1 is 1.47 bits per heavy atom. The van der Waals surface area contributed by atoms with Gasteiger partial charge in [-0.1, -0.05) is 0 Å². The minimum Gasteiger partial charge on any atom is -0.469 e. The topological polar surface area (TPSA) is 63.2 Å². The second-order valence-corrected chi connectivity index (χ2v) is 3.84. The van der Waals surface area contributed by atoms with Gasteiger partial charge in [0.2, 0.25) is 0 Å². The normalized spacial score (nSPS) is 10.9. The number of hydrogen-bond donors (Lipinski definition) is 2. The molecule has 2 rings (SSSR count). The SMILES string of the molecule is OCCn1cc(CNCCc2ccco2)cn1. The molecule has 0 atom stereocenters. The summed E-state index contributed by atoms with van der Waals surface area (Å²) in [7, 11) is 0. The van der Waals surface area contributed by atoms with Crippen LogP contribution < -0.4 is 5.32 Å². The summed E-state index contributed by atoms with van der Waals surface area (Å²) in [4.78, 5) is 0. The van der Waals surface area contributed by atoms with Crippen molar-refractivity contribution in [2.24, 2.45) is 0 Å². The molecule has 0 bridgehead atoms. The van der Waals surface area contributed by atoms with E-state index in [1.807, 2.05) is 24.5 Å². The zero-order valence-electron chi connectivity index (χ0n) is 9.67. The van der Waals surface area contributed by atoms with E-state index in [1.54, 1.807) is 10.9 Å². The molecule has 2 heterocycles. The summed E-state index contributed by atoms with van der Waals surface area (Å²) in [6.45, 7) is 2.32. The molecule has 2 N–H and O–H groups in total. The van der Waals surface area contributed by atoms with Gasteiger partial charge in [0, 0.05) is 31.3 Å². The zero-order valence-corrected chi connectivity index (χ0v) is 9.67. The Hall–Kier alpha value is -1.59. The van der Waals surface area contributed by atoms with Crippen LogP contribution in [0.2, 0.25) is 0 Å². The van der Waals surface area contributed by atoms with Crippen molar-refractivity contribution in [1.29, 1.82) is 0 Å². The maximum atomic E-state index is 8.76. The predicted octanol–water partition coefficient (Wildman–Crippen LogP) is 0.801. The molecule has 0 unspecified atom stereocenters. The van der Waals surface area contributed by atoms with Crippen LogP contribution in [0.1, 0.15) is 11.3 Å². The summed E-state index contributed by atoms with van der Waals surface area (Å²) in [5, 5.41) is 16.2. The highest BCUT2D eigenvalue weighted by Gasteiger charge is 1.99. The lowest BCUT2D eigenvalue weighted by atomic mass is 10.3. The summed E-state index contributed by atoms with van der Waals surface area (Å²) in [5.41, 5.74) is 1.12. The average Bonchev–Trinajstić information content (AvgIpc) is 2.96. The lowest BCUT2D eigenvalue weighted by Crippen LogP contribution is -2.16. The van der Waals surface area contributed by atoms with E-state index in [0.717, 1.165) is 30.8 Å². The molecule has 0 aliphatic rings. The van der Waals surface area contributed by atoms with Crippen molar-refractivity contribution in [2.45, 2.75) is 19.5 Å². The predicted molar refractivity (Wildman–Crippen MR) is 63.4 cm³/mol. The Morgan fingerprint density at radius 3 is 3.18 bits per heavy atom. The first-order chi connectivity index (χ1) is 8.38. The molecule has 0 aliphatic heterocycles. The van der Waals surface area contributed by atoms with Crippen molar-refractivity contribution >= 4 is 0 Å². The third-order valence-electron chi connectivity index (χ3n) is 2.47. The summed E-state index contributed by atoms with van der Waals surface area (Å²) in [5.74, 6) is 0.994. The molecule has 0 aromatic carbocycles. The number of nitrogens with one attached hydrogen (secondary N) is 1. The zero-order chi connectivity index (χ0) is 11.9. The van der Waals surface area contributed by atoms with Crippen LogP contribution in [0.25, 0.3) is 0 Å². The van der Waals surface area contributed by atoms with Gasteiger partial charge in [0.25, 0.3) is 0 Å². The van der Waals surface area contributed by atoms with E-state index in [0.29, 0.717) is 6.54 Å². The molecule has 0 saturated carbocycles. The van der Waals surface area contributed by atoms with Gasteiger partial charge < -0.3 is 14.8 Å². The molecule has 0 aliphatic carbocycles. The number of hydrogen-bond acceptors (Lipinski definition) is 4. The Morgan fingerprint density at radius 2 is 2.41 bits per heavy atom. The fraction of sp³-hybridized carbons (Fsp3) is 0.417. The van der Waals surface area contributed by atoms with Crippen LogP contribution in [-0.2, 0) is 19.5 Å². The first kappa shape index (κ1) is 11.9. The van der Waals surface area contributed by atoms with Crippen LogP contribution >= 0.6 is 0 Å². The molecule has 0 spiro atoms. The Labute approximate surface area is 100 Å². The molecule has 5 heteroatoms. The summed E-state index contributed by atoms with van der Waals surface area (Å²) in [6, 6.07) is 3.87. The average molecular weight is 235 g/mol. The molecular formula is C12H17N3O2. The largest absolute Gasteiger partial charge is 0.469 e. The van der Waals surface area contributed by atoms with Gasteiger partial charge in [0.15, 0.2) is 0 Å². The van der Waals surface area contributed by atoms with Crippen LogP contribution in [0.15, 0.2) is 35.2 Å². The lowest BCUT2D eigenvalue weighted by Gasteiger charge is -2.00. The standard InChI is InChI=1S/C12H17N3O2/c16-6-5-15-10-11(9-14-15)8-13-4-3-12-2-1-7-17-12/h1-2,7,9-10,13,16H,3-6,8H2. The van der Waals surface area contributed by atoms with Gasteiger partial charge in [-0.05, 0) is 12.1 Å². The van der Waals surface area contributed by atoms with Gasteiger partial charge in [0.1, 0.15) is 5.76 Å². The van der Waals surface area contributed by atoms with Gasteiger partial charge in [-0.25, -0.2) is 0 Å². The first-order valence-corrected chi connectivity index (χ1v) is 5.74. The number of nitrogens with zero attached hydrogens (tertiary/aromatic N) is 2. The Balaban J connectivity index is 1.67. The lowest BCUT2D eigenvalue weighted by molar-refractivity contribution is 0.269. The van der Waals surface area contributed by atoms with Crippen molar-refractivity contribution in [2.75, 3.05) is 13.2 Å². The van der Waals surface area contributed by atoms with Crippen molar-refractivity contribution < 1.29 is 9.52 Å². The maximum Gasteiger partial charge on any atom is 0.105 e. The van der Waals surface area contributed by atoms with E-state index in [9.17, 15) is 0 Å². The molecule has 92 valence electrons. The van der Waals surface area contributed by atoms with Crippen molar-refractivity contribution in [3.05, 3.63) is 42.1 Å². The van der Waals surface area contributed by atoms with Gasteiger partial charge in [0.05, 0.1) is 25.6 Å². The fourth-order valence-corrected chi connectivity index (χ4v) is 1.62. The smallest absolute Gasteiger partial charge is 0.105 e. The number of aromatic nitrogens is 2. The fourth-order valence-electron chi connectivity index (χ4n) is 1.62. The molecule has 0 saturated heterocycles. The van der Waals surface area contributed by atoms with E-state index in [-0.39, 0.29) is 6.61 Å². The minimum atomic E-state index is 0.118. The third-order valence-corrected chi connectivity index (χ3v) is 2.47. The molecule has 5 nitrogen and oxygen atoms in total. The summed E-state index contributed by atoms with van der Waals surface area (Å²) < 4.78 is 6.98. The van der Waals surface area contributed by atoms with Crippen LogP contribution in [0.3, 0.4) is 0 Å². The van der Waals surface area contributed by atoms with Crippen molar-refractivity contribution in [1.82, 2.24) is 15.1 Å². The molecule has 17 heavy (non-hydrogen) atoms. The Kier molecular flexibility index (Phi) is 4.35. The van der Waals surface area contributed by atoms with Gasteiger partial charge in [-0.2, -0.15) is 5.10 Å². The highest BCUT2D eigenvalue weighted by Crippen LogP contribution is 2.00. The monoisotopic (exact) mass is 235 g/mol. The third kappa shape index (κ3) is 3.72. The highest BCUT2D eigenvalue weighted by atomic mass is 16.3. The van der Waals surface area contributed by atoms with Crippen LogP contribution in [0.4, 0.5) is 0 Å². The summed E-state index contributed by atoms with van der Waals surface area (Å²) in [6.07, 6.45) is 6.33. The maximum absolute atomic E-state index is 8.76. The van der Waals surface area contributed by atoms with E-state index in [2.05, 4.69) is 10.4 Å². The van der Waals surface area contributed by atoms with Gasteiger partial charge in [-0.15, -0.1) is 0 Å². The molecule has 0 radical (unpaired) electrons. The van der Waals surface area contributed by atoms with E-state index in [4.69, 9.17) is 9.52 Å².